The minimum Gasteiger partial charge on any atom is -0.368 e. The van der Waals surface area contributed by atoms with Crippen molar-refractivity contribution >= 4 is 11.3 Å². The van der Waals surface area contributed by atoms with Crippen molar-refractivity contribution in [2.75, 3.05) is 13.1 Å². The van der Waals surface area contributed by atoms with Crippen molar-refractivity contribution in [2.45, 2.75) is 57.4 Å². The minimum atomic E-state index is 0.229. The number of hydrogen-bond donors (Lipinski definition) is 0. The molecule has 0 aromatic carbocycles. The number of ether oxygens (including phenoxy) is 1. The number of nitrogens with zero attached hydrogens (tertiary/aromatic N) is 5. The van der Waals surface area contributed by atoms with E-state index in [1.165, 1.54) is 41.3 Å². The Hall–Kier alpha value is -1.31. The van der Waals surface area contributed by atoms with Crippen molar-refractivity contribution < 1.29 is 4.74 Å². The maximum Gasteiger partial charge on any atom is 0.107 e. The van der Waals surface area contributed by atoms with Crippen LogP contribution in [0.15, 0.2) is 6.20 Å². The normalized spacial score (nSPS) is 27.3. The van der Waals surface area contributed by atoms with Crippen molar-refractivity contribution in [1.29, 1.82) is 0 Å². The first-order valence-electron chi connectivity index (χ1n) is 8.57. The molecule has 7 heteroatoms. The van der Waals surface area contributed by atoms with E-state index in [-0.39, 0.29) is 6.10 Å². The number of piperidine rings is 1. The van der Waals surface area contributed by atoms with E-state index in [2.05, 4.69) is 19.9 Å². The first kappa shape index (κ1) is 14.1. The van der Waals surface area contributed by atoms with E-state index < -0.39 is 0 Å². The van der Waals surface area contributed by atoms with Crippen molar-refractivity contribution in [1.82, 2.24) is 24.9 Å². The second-order valence-corrected chi connectivity index (χ2v) is 7.96. The molecule has 3 aliphatic rings. The molecular formula is C16H21N5OS. The Balaban J connectivity index is 1.28. The molecule has 2 aromatic rings. The summed E-state index contributed by atoms with van der Waals surface area (Å²) in [6.45, 7) is 3.64. The van der Waals surface area contributed by atoms with Gasteiger partial charge in [0.05, 0.1) is 42.9 Å². The highest BCUT2D eigenvalue weighted by molar-refractivity contribution is 7.11. The molecule has 0 saturated carbocycles. The standard InChI is InChI=1S/C16H21N5OS/c1-2-4-15-12(3-1)18-16(23-15)9-20-6-5-13-14(8-20)22-10-11-7-17-19-21(11)13/h7,13-14H,1-6,8-10H2/t13-,14-/m0/s1. The molecule has 4 heterocycles. The van der Waals surface area contributed by atoms with Crippen LogP contribution in [0.2, 0.25) is 0 Å². The predicted octanol–water partition coefficient (Wildman–Crippen LogP) is 1.96. The molecular weight excluding hydrogens is 310 g/mol. The molecule has 1 aliphatic carbocycles. The van der Waals surface area contributed by atoms with E-state index in [1.807, 2.05) is 17.5 Å². The Kier molecular flexibility index (Phi) is 3.45. The van der Waals surface area contributed by atoms with Gasteiger partial charge in [-0.1, -0.05) is 5.21 Å². The van der Waals surface area contributed by atoms with Crippen molar-refractivity contribution in [2.24, 2.45) is 0 Å². The third-order valence-electron chi connectivity index (χ3n) is 5.27. The van der Waals surface area contributed by atoms with E-state index in [9.17, 15) is 0 Å². The first-order chi connectivity index (χ1) is 11.4. The van der Waals surface area contributed by atoms with Crippen LogP contribution in [-0.2, 0) is 30.7 Å². The molecule has 6 nitrogen and oxygen atoms in total. The smallest absolute Gasteiger partial charge is 0.107 e. The molecule has 0 radical (unpaired) electrons. The average molecular weight is 331 g/mol. The van der Waals surface area contributed by atoms with Gasteiger partial charge in [-0.3, -0.25) is 4.90 Å². The van der Waals surface area contributed by atoms with Gasteiger partial charge >= 0.3 is 0 Å². The quantitative estimate of drug-likeness (QED) is 0.842. The first-order valence-corrected chi connectivity index (χ1v) is 9.39. The maximum absolute atomic E-state index is 6.06. The molecule has 0 bridgehead atoms. The van der Waals surface area contributed by atoms with Gasteiger partial charge in [-0.2, -0.15) is 0 Å². The van der Waals surface area contributed by atoms with Crippen LogP contribution in [0.5, 0.6) is 0 Å². The fraction of sp³-hybridized carbons (Fsp3) is 0.688. The zero-order valence-electron chi connectivity index (χ0n) is 13.1. The predicted molar refractivity (Wildman–Crippen MR) is 86.3 cm³/mol. The summed E-state index contributed by atoms with van der Waals surface area (Å²) in [5.41, 5.74) is 2.47. The van der Waals surface area contributed by atoms with Gasteiger partial charge in [0, 0.05) is 18.0 Å². The van der Waals surface area contributed by atoms with Crippen LogP contribution in [0.1, 0.15) is 46.6 Å². The number of thiazole rings is 1. The highest BCUT2D eigenvalue weighted by atomic mass is 32.1. The Bertz CT molecular complexity index is 688. The summed E-state index contributed by atoms with van der Waals surface area (Å²) in [6, 6.07) is 0.349. The van der Waals surface area contributed by atoms with Gasteiger partial charge in [0.1, 0.15) is 5.01 Å². The second kappa shape index (κ2) is 5.65. The highest BCUT2D eigenvalue weighted by Crippen LogP contribution is 2.32. The SMILES string of the molecule is c1nnn2c1CO[C@H]1CN(Cc3nc4c(s3)CCCC4)CC[C@@H]12. The van der Waals surface area contributed by atoms with Crippen LogP contribution in [0.25, 0.3) is 0 Å². The van der Waals surface area contributed by atoms with Crippen LogP contribution in [0.3, 0.4) is 0 Å². The zero-order chi connectivity index (χ0) is 15.2. The van der Waals surface area contributed by atoms with Crippen LogP contribution in [0.4, 0.5) is 0 Å². The van der Waals surface area contributed by atoms with Crippen LogP contribution >= 0.6 is 11.3 Å². The van der Waals surface area contributed by atoms with Crippen molar-refractivity contribution in [3.05, 3.63) is 27.5 Å². The topological polar surface area (TPSA) is 56.1 Å². The molecule has 2 atom stereocenters. The lowest BCUT2D eigenvalue weighted by molar-refractivity contribution is -0.0704. The molecule has 0 spiro atoms. The van der Waals surface area contributed by atoms with E-state index in [1.54, 1.807) is 0 Å². The lowest BCUT2D eigenvalue weighted by Crippen LogP contribution is -2.48. The monoisotopic (exact) mass is 331 g/mol. The minimum absolute atomic E-state index is 0.229. The molecule has 0 unspecified atom stereocenters. The molecule has 2 aromatic heterocycles. The molecule has 0 amide bonds. The van der Waals surface area contributed by atoms with Gasteiger partial charge in [0.15, 0.2) is 0 Å². The van der Waals surface area contributed by atoms with E-state index in [0.29, 0.717) is 12.6 Å². The number of hydrogen-bond acceptors (Lipinski definition) is 6. The lowest BCUT2D eigenvalue weighted by Gasteiger charge is -2.40. The van der Waals surface area contributed by atoms with Crippen LogP contribution in [0, 0.1) is 0 Å². The molecule has 1 saturated heterocycles. The molecule has 23 heavy (non-hydrogen) atoms. The van der Waals surface area contributed by atoms with Crippen LogP contribution in [-0.4, -0.2) is 44.1 Å². The number of aryl methyl sites for hydroxylation is 2. The summed E-state index contributed by atoms with van der Waals surface area (Å²) in [5, 5.41) is 9.57. The van der Waals surface area contributed by atoms with Gasteiger partial charge in [-0.05, 0) is 32.1 Å². The maximum atomic E-state index is 6.06. The molecule has 5 rings (SSSR count). The van der Waals surface area contributed by atoms with Gasteiger partial charge in [-0.25, -0.2) is 9.67 Å². The van der Waals surface area contributed by atoms with E-state index in [4.69, 9.17) is 9.72 Å². The van der Waals surface area contributed by atoms with Crippen molar-refractivity contribution in [3.8, 4) is 0 Å². The molecule has 2 aliphatic heterocycles. The summed E-state index contributed by atoms with van der Waals surface area (Å²) in [4.78, 5) is 8.91. The fourth-order valence-electron chi connectivity index (χ4n) is 4.06. The van der Waals surface area contributed by atoms with Crippen LogP contribution < -0.4 is 0 Å². The summed E-state index contributed by atoms with van der Waals surface area (Å²) in [7, 11) is 0. The van der Waals surface area contributed by atoms with E-state index in [0.717, 1.165) is 31.7 Å². The average Bonchev–Trinajstić information content (AvgIpc) is 3.20. The van der Waals surface area contributed by atoms with Gasteiger partial charge in [0.25, 0.3) is 0 Å². The number of aromatic nitrogens is 4. The molecule has 122 valence electrons. The summed E-state index contributed by atoms with van der Waals surface area (Å²) in [6.07, 6.45) is 8.17. The third-order valence-corrected chi connectivity index (χ3v) is 6.41. The summed E-state index contributed by atoms with van der Waals surface area (Å²) >= 11 is 1.93. The number of fused-ring (bicyclic) bond motifs is 4. The molecule has 0 N–H and O–H groups in total. The zero-order valence-corrected chi connectivity index (χ0v) is 14.0. The summed E-state index contributed by atoms with van der Waals surface area (Å²) < 4.78 is 8.13. The lowest BCUT2D eigenvalue weighted by atomic mass is 10.0. The van der Waals surface area contributed by atoms with Gasteiger partial charge < -0.3 is 4.74 Å². The number of rotatable bonds is 2. The Morgan fingerprint density at radius 2 is 2.26 bits per heavy atom. The highest BCUT2D eigenvalue weighted by Gasteiger charge is 2.36. The number of likely N-dealkylation sites (tertiary alicyclic amines) is 1. The summed E-state index contributed by atoms with van der Waals surface area (Å²) in [5.74, 6) is 0. The van der Waals surface area contributed by atoms with Crippen molar-refractivity contribution in [3.63, 3.8) is 0 Å². The Labute approximate surface area is 139 Å². The third kappa shape index (κ3) is 2.51. The van der Waals surface area contributed by atoms with Gasteiger partial charge in [0.2, 0.25) is 0 Å². The van der Waals surface area contributed by atoms with E-state index >= 15 is 0 Å². The fourth-order valence-corrected chi connectivity index (χ4v) is 5.26. The molecule has 1 fully saturated rings. The largest absolute Gasteiger partial charge is 0.368 e. The Morgan fingerprint density at radius 3 is 3.22 bits per heavy atom. The second-order valence-electron chi connectivity index (χ2n) is 6.80. The Morgan fingerprint density at radius 1 is 1.30 bits per heavy atom. The van der Waals surface area contributed by atoms with Gasteiger partial charge in [-0.15, -0.1) is 16.4 Å².